The van der Waals surface area contributed by atoms with Crippen molar-refractivity contribution in [3.63, 3.8) is 0 Å². The number of pyridine rings is 1. The molecular weight excluding hydrogens is 294 g/mol. The van der Waals surface area contributed by atoms with Crippen LogP contribution in [0.4, 0.5) is 4.79 Å². The van der Waals surface area contributed by atoms with E-state index in [1.807, 2.05) is 30.3 Å². The number of ether oxygens (including phenoxy) is 2. The van der Waals surface area contributed by atoms with Crippen LogP contribution in [0, 0.1) is 0 Å². The standard InChI is InChI=1S/C17H21N3O3/c1-22-15-4-3-13(11-16(15)23-2)7-10-19-17(21)20-12-14-5-8-18-9-6-14/h3-6,8-9,11H,7,10,12H2,1-2H3,(H2,19,20,21). The van der Waals surface area contributed by atoms with Crippen LogP contribution in [0.5, 0.6) is 11.5 Å². The van der Waals surface area contributed by atoms with Crippen LogP contribution in [0.25, 0.3) is 0 Å². The molecule has 0 saturated heterocycles. The predicted octanol–water partition coefficient (Wildman–Crippen LogP) is 2.14. The highest BCUT2D eigenvalue weighted by atomic mass is 16.5. The molecule has 0 unspecified atom stereocenters. The Labute approximate surface area is 135 Å². The van der Waals surface area contributed by atoms with E-state index in [4.69, 9.17) is 9.47 Å². The summed E-state index contributed by atoms with van der Waals surface area (Å²) in [4.78, 5) is 15.7. The van der Waals surface area contributed by atoms with Crippen molar-refractivity contribution < 1.29 is 14.3 Å². The summed E-state index contributed by atoms with van der Waals surface area (Å²) < 4.78 is 10.5. The number of carbonyl (C=O) groups excluding carboxylic acids is 1. The lowest BCUT2D eigenvalue weighted by Crippen LogP contribution is -2.36. The summed E-state index contributed by atoms with van der Waals surface area (Å²) in [5, 5.41) is 5.63. The zero-order valence-corrected chi connectivity index (χ0v) is 13.3. The maximum absolute atomic E-state index is 11.7. The van der Waals surface area contributed by atoms with Gasteiger partial charge in [0.2, 0.25) is 0 Å². The summed E-state index contributed by atoms with van der Waals surface area (Å²) in [5.41, 5.74) is 2.08. The van der Waals surface area contributed by atoms with E-state index < -0.39 is 0 Å². The van der Waals surface area contributed by atoms with E-state index in [0.29, 0.717) is 31.0 Å². The van der Waals surface area contributed by atoms with Gasteiger partial charge in [-0.15, -0.1) is 0 Å². The molecule has 6 heteroatoms. The van der Waals surface area contributed by atoms with Crippen molar-refractivity contribution in [2.24, 2.45) is 0 Å². The van der Waals surface area contributed by atoms with Gasteiger partial charge >= 0.3 is 6.03 Å². The normalized spacial score (nSPS) is 10.0. The lowest BCUT2D eigenvalue weighted by molar-refractivity contribution is 0.240. The van der Waals surface area contributed by atoms with Crippen LogP contribution in [0.3, 0.4) is 0 Å². The van der Waals surface area contributed by atoms with Crippen LogP contribution in [0.2, 0.25) is 0 Å². The molecule has 0 aliphatic carbocycles. The molecule has 2 rings (SSSR count). The highest BCUT2D eigenvalue weighted by Gasteiger charge is 2.05. The summed E-state index contributed by atoms with van der Waals surface area (Å²) in [6, 6.07) is 9.26. The largest absolute Gasteiger partial charge is 0.493 e. The smallest absolute Gasteiger partial charge is 0.315 e. The number of aromatic nitrogens is 1. The molecule has 1 aromatic heterocycles. The van der Waals surface area contributed by atoms with Crippen LogP contribution in [-0.4, -0.2) is 31.8 Å². The Morgan fingerprint density at radius 3 is 2.43 bits per heavy atom. The number of carbonyl (C=O) groups is 1. The van der Waals surface area contributed by atoms with Gasteiger partial charge in [0.05, 0.1) is 14.2 Å². The van der Waals surface area contributed by atoms with E-state index >= 15 is 0 Å². The van der Waals surface area contributed by atoms with Crippen LogP contribution >= 0.6 is 0 Å². The van der Waals surface area contributed by atoms with Crippen molar-refractivity contribution in [2.45, 2.75) is 13.0 Å². The highest BCUT2D eigenvalue weighted by molar-refractivity contribution is 5.73. The van der Waals surface area contributed by atoms with Crippen LogP contribution in [0.15, 0.2) is 42.7 Å². The Balaban J connectivity index is 1.75. The SMILES string of the molecule is COc1ccc(CCNC(=O)NCc2ccncc2)cc1OC. The van der Waals surface area contributed by atoms with E-state index in [9.17, 15) is 4.79 Å². The maximum Gasteiger partial charge on any atom is 0.315 e. The first-order chi connectivity index (χ1) is 11.2. The monoisotopic (exact) mass is 315 g/mol. The summed E-state index contributed by atoms with van der Waals surface area (Å²) in [5.74, 6) is 1.38. The van der Waals surface area contributed by atoms with E-state index in [1.54, 1.807) is 26.6 Å². The van der Waals surface area contributed by atoms with Gasteiger partial charge in [0.1, 0.15) is 0 Å². The average molecular weight is 315 g/mol. The topological polar surface area (TPSA) is 72.5 Å². The molecule has 0 saturated carbocycles. The molecule has 0 fully saturated rings. The van der Waals surface area contributed by atoms with E-state index in [2.05, 4.69) is 15.6 Å². The van der Waals surface area contributed by atoms with E-state index in [-0.39, 0.29) is 6.03 Å². The van der Waals surface area contributed by atoms with Gasteiger partial charge in [-0.25, -0.2) is 4.79 Å². The van der Waals surface area contributed by atoms with Gasteiger partial charge in [-0.3, -0.25) is 4.98 Å². The molecule has 1 aromatic carbocycles. The number of hydrogen-bond donors (Lipinski definition) is 2. The summed E-state index contributed by atoms with van der Waals surface area (Å²) in [6.07, 6.45) is 4.11. The Hall–Kier alpha value is -2.76. The number of amides is 2. The first-order valence-electron chi connectivity index (χ1n) is 7.34. The fraction of sp³-hybridized carbons (Fsp3) is 0.294. The molecule has 0 spiro atoms. The fourth-order valence-corrected chi connectivity index (χ4v) is 2.10. The number of hydrogen-bond acceptors (Lipinski definition) is 4. The lowest BCUT2D eigenvalue weighted by atomic mass is 10.1. The van der Waals surface area contributed by atoms with Crippen LogP contribution in [0.1, 0.15) is 11.1 Å². The Morgan fingerprint density at radius 2 is 1.74 bits per heavy atom. The van der Waals surface area contributed by atoms with E-state index in [0.717, 1.165) is 11.1 Å². The Morgan fingerprint density at radius 1 is 1.00 bits per heavy atom. The molecule has 0 bridgehead atoms. The number of urea groups is 1. The van der Waals surface area contributed by atoms with Gasteiger partial charge in [-0.2, -0.15) is 0 Å². The van der Waals surface area contributed by atoms with Gasteiger partial charge in [0, 0.05) is 25.5 Å². The minimum absolute atomic E-state index is 0.192. The average Bonchev–Trinajstić information content (AvgIpc) is 2.60. The molecular formula is C17H21N3O3. The van der Waals surface area contributed by atoms with Crippen LogP contribution in [-0.2, 0) is 13.0 Å². The molecule has 6 nitrogen and oxygen atoms in total. The Kier molecular flexibility index (Phi) is 6.23. The van der Waals surface area contributed by atoms with Crippen molar-refractivity contribution in [1.29, 1.82) is 0 Å². The molecule has 2 N–H and O–H groups in total. The molecule has 2 amide bonds. The number of methoxy groups -OCH3 is 2. The van der Waals surface area contributed by atoms with Gasteiger partial charge in [0.15, 0.2) is 11.5 Å². The molecule has 2 aromatic rings. The number of rotatable bonds is 7. The lowest BCUT2D eigenvalue weighted by Gasteiger charge is -2.10. The summed E-state index contributed by atoms with van der Waals surface area (Å²) in [6.45, 7) is 1.02. The number of nitrogens with one attached hydrogen (secondary N) is 2. The second kappa shape index (κ2) is 8.63. The summed E-state index contributed by atoms with van der Waals surface area (Å²) >= 11 is 0. The highest BCUT2D eigenvalue weighted by Crippen LogP contribution is 2.27. The molecule has 1 heterocycles. The quantitative estimate of drug-likeness (QED) is 0.821. The molecule has 23 heavy (non-hydrogen) atoms. The van der Waals surface area contributed by atoms with Crippen molar-refractivity contribution >= 4 is 6.03 Å². The molecule has 0 atom stereocenters. The third-order valence-electron chi connectivity index (χ3n) is 3.35. The third kappa shape index (κ3) is 5.18. The molecule has 122 valence electrons. The maximum atomic E-state index is 11.7. The van der Waals surface area contributed by atoms with Crippen LogP contribution < -0.4 is 20.1 Å². The zero-order valence-electron chi connectivity index (χ0n) is 13.3. The molecule has 0 radical (unpaired) electrons. The summed E-state index contributed by atoms with van der Waals surface area (Å²) in [7, 11) is 3.21. The second-order valence-corrected chi connectivity index (χ2v) is 4.90. The van der Waals surface area contributed by atoms with Gasteiger partial charge in [-0.1, -0.05) is 6.07 Å². The van der Waals surface area contributed by atoms with Gasteiger partial charge < -0.3 is 20.1 Å². The van der Waals surface area contributed by atoms with Crippen molar-refractivity contribution in [1.82, 2.24) is 15.6 Å². The predicted molar refractivity (Wildman–Crippen MR) is 87.7 cm³/mol. The minimum atomic E-state index is -0.192. The number of nitrogens with zero attached hydrogens (tertiary/aromatic N) is 1. The fourth-order valence-electron chi connectivity index (χ4n) is 2.10. The van der Waals surface area contributed by atoms with Crippen molar-refractivity contribution in [3.05, 3.63) is 53.9 Å². The van der Waals surface area contributed by atoms with Crippen molar-refractivity contribution in [3.8, 4) is 11.5 Å². The van der Waals surface area contributed by atoms with Gasteiger partial charge in [-0.05, 0) is 41.8 Å². The second-order valence-electron chi connectivity index (χ2n) is 4.90. The zero-order chi connectivity index (χ0) is 16.5. The minimum Gasteiger partial charge on any atom is -0.493 e. The third-order valence-corrected chi connectivity index (χ3v) is 3.35. The number of benzene rings is 1. The molecule has 0 aliphatic heterocycles. The van der Waals surface area contributed by atoms with E-state index in [1.165, 1.54) is 0 Å². The van der Waals surface area contributed by atoms with Gasteiger partial charge in [0.25, 0.3) is 0 Å². The van der Waals surface area contributed by atoms with Crippen molar-refractivity contribution in [2.75, 3.05) is 20.8 Å². The first-order valence-corrected chi connectivity index (χ1v) is 7.34. The molecule has 0 aliphatic rings. The Bertz CT molecular complexity index is 632. The first kappa shape index (κ1) is 16.6.